The minimum absolute atomic E-state index is 0.0736. The van der Waals surface area contributed by atoms with E-state index >= 15 is 0 Å². The van der Waals surface area contributed by atoms with Gasteiger partial charge in [-0.25, -0.2) is 9.37 Å². The molecule has 0 aliphatic heterocycles. The van der Waals surface area contributed by atoms with Gasteiger partial charge < -0.3 is 4.74 Å². The van der Waals surface area contributed by atoms with Gasteiger partial charge in [-0.3, -0.25) is 4.79 Å². The molecule has 0 bridgehead atoms. The van der Waals surface area contributed by atoms with Crippen molar-refractivity contribution in [2.24, 2.45) is 0 Å². The van der Waals surface area contributed by atoms with E-state index in [9.17, 15) is 9.18 Å². The zero-order valence-corrected chi connectivity index (χ0v) is 9.62. The molecule has 1 aromatic heterocycles. The highest BCUT2D eigenvalue weighted by Gasteiger charge is 2.17. The number of hydrogen-bond donors (Lipinski definition) is 0. The topological polar surface area (TPSA) is 43.1 Å². The van der Waals surface area contributed by atoms with Gasteiger partial charge >= 0.3 is 5.88 Å². The van der Waals surface area contributed by atoms with E-state index in [1.165, 1.54) is 17.0 Å². The van der Waals surface area contributed by atoms with E-state index < -0.39 is 6.86 Å². The van der Waals surface area contributed by atoms with Crippen molar-refractivity contribution in [2.45, 2.75) is 6.54 Å². The molecule has 0 amide bonds. The van der Waals surface area contributed by atoms with Gasteiger partial charge in [0.25, 0.3) is 0 Å². The summed E-state index contributed by atoms with van der Waals surface area (Å²) in [4.78, 5) is 15.8. The number of halogens is 1. The number of alkyl halides is 1. The number of ether oxygens (including phenoxy) is 1. The van der Waals surface area contributed by atoms with E-state index in [1.807, 2.05) is 6.07 Å². The maximum absolute atomic E-state index is 12.2. The zero-order chi connectivity index (χ0) is 12.8. The molecule has 0 aliphatic carbocycles. The fraction of sp³-hybridized carbons (Fsp3) is 0.154. The van der Waals surface area contributed by atoms with Crippen LogP contribution in [0.5, 0.6) is 5.88 Å². The van der Waals surface area contributed by atoms with Crippen molar-refractivity contribution in [3.05, 3.63) is 54.5 Å². The third kappa shape index (κ3) is 2.88. The number of Topliss-reactive ketones (excluding diaryl/α,β-unsaturated/α-hetero) is 1. The first-order valence-electron chi connectivity index (χ1n) is 5.41. The van der Waals surface area contributed by atoms with Crippen LogP contribution >= 0.6 is 0 Å². The van der Waals surface area contributed by atoms with Gasteiger partial charge in [0, 0.05) is 5.56 Å². The van der Waals surface area contributed by atoms with E-state index in [-0.39, 0.29) is 18.2 Å². The van der Waals surface area contributed by atoms with Crippen LogP contribution < -0.4 is 9.30 Å². The van der Waals surface area contributed by atoms with Crippen LogP contribution in [0.25, 0.3) is 0 Å². The summed E-state index contributed by atoms with van der Waals surface area (Å²) in [6.45, 7) is -0.868. The Kier molecular flexibility index (Phi) is 3.96. The molecular weight excluding hydrogens is 235 g/mol. The van der Waals surface area contributed by atoms with Gasteiger partial charge in [0.2, 0.25) is 19.2 Å². The largest absolute Gasteiger partial charge is 0.411 e. The van der Waals surface area contributed by atoms with Crippen LogP contribution in [-0.2, 0) is 6.54 Å². The number of carbonyl (C=O) groups is 1. The normalized spacial score (nSPS) is 10.1. The van der Waals surface area contributed by atoms with Crippen LogP contribution in [0.2, 0.25) is 0 Å². The lowest BCUT2D eigenvalue weighted by Crippen LogP contribution is -2.39. The number of aromatic nitrogens is 2. The lowest BCUT2D eigenvalue weighted by molar-refractivity contribution is -0.689. The highest BCUT2D eigenvalue weighted by molar-refractivity contribution is 5.94. The number of rotatable bonds is 5. The second-order valence-electron chi connectivity index (χ2n) is 3.59. The van der Waals surface area contributed by atoms with E-state index in [1.54, 1.807) is 30.5 Å². The molecule has 0 fully saturated rings. The van der Waals surface area contributed by atoms with E-state index in [2.05, 4.69) is 4.98 Å². The fourth-order valence-electron chi connectivity index (χ4n) is 1.55. The van der Waals surface area contributed by atoms with Crippen LogP contribution in [-0.4, -0.2) is 17.6 Å². The van der Waals surface area contributed by atoms with Crippen molar-refractivity contribution in [1.29, 1.82) is 0 Å². The molecule has 0 radical (unpaired) electrons. The lowest BCUT2D eigenvalue weighted by Gasteiger charge is -2.02. The van der Waals surface area contributed by atoms with Crippen molar-refractivity contribution in [3.8, 4) is 5.88 Å². The fourth-order valence-corrected chi connectivity index (χ4v) is 1.55. The SMILES string of the molecule is O=C(C[n+]1ccncc1OCF)c1ccccc1. The molecule has 0 saturated heterocycles. The summed E-state index contributed by atoms with van der Waals surface area (Å²) >= 11 is 0. The average molecular weight is 247 g/mol. The number of ketones is 1. The molecule has 5 heteroatoms. The molecule has 0 atom stereocenters. The Hall–Kier alpha value is -2.30. The Bertz CT molecular complexity index is 532. The highest BCUT2D eigenvalue weighted by Crippen LogP contribution is 2.03. The van der Waals surface area contributed by atoms with Crippen LogP contribution in [0.1, 0.15) is 10.4 Å². The summed E-state index contributed by atoms with van der Waals surface area (Å²) in [6.07, 6.45) is 4.47. The van der Waals surface area contributed by atoms with E-state index in [0.29, 0.717) is 5.56 Å². The third-order valence-corrected chi connectivity index (χ3v) is 2.41. The van der Waals surface area contributed by atoms with Crippen LogP contribution in [0, 0.1) is 0 Å². The van der Waals surface area contributed by atoms with Crippen LogP contribution in [0.3, 0.4) is 0 Å². The van der Waals surface area contributed by atoms with E-state index in [4.69, 9.17) is 4.74 Å². The van der Waals surface area contributed by atoms with Gasteiger partial charge in [0.05, 0.1) is 6.20 Å². The molecule has 4 nitrogen and oxygen atoms in total. The molecular formula is C13H12FN2O2+. The van der Waals surface area contributed by atoms with Crippen molar-refractivity contribution >= 4 is 5.78 Å². The van der Waals surface area contributed by atoms with Crippen molar-refractivity contribution < 1.29 is 18.5 Å². The van der Waals surface area contributed by atoms with Crippen LogP contribution in [0.4, 0.5) is 4.39 Å². The molecule has 0 spiro atoms. The molecule has 0 aliphatic rings. The minimum Gasteiger partial charge on any atom is -0.411 e. The Morgan fingerprint density at radius 1 is 1.33 bits per heavy atom. The standard InChI is InChI=1S/C13H12FN2O2/c14-10-18-13-8-15-6-7-16(13)9-12(17)11-4-2-1-3-5-11/h1-8H,9-10H2/q+1. The smallest absolute Gasteiger partial charge is 0.389 e. The monoisotopic (exact) mass is 247 g/mol. The Morgan fingerprint density at radius 2 is 2.11 bits per heavy atom. The molecule has 0 unspecified atom stereocenters. The highest BCUT2D eigenvalue weighted by atomic mass is 19.1. The molecule has 1 heterocycles. The van der Waals surface area contributed by atoms with Gasteiger partial charge in [0.1, 0.15) is 6.20 Å². The molecule has 0 N–H and O–H groups in total. The second-order valence-corrected chi connectivity index (χ2v) is 3.59. The van der Waals surface area contributed by atoms with Gasteiger partial charge in [-0.2, -0.15) is 4.57 Å². The zero-order valence-electron chi connectivity index (χ0n) is 9.62. The molecule has 2 aromatic rings. The van der Waals surface area contributed by atoms with Gasteiger partial charge in [-0.05, 0) is 0 Å². The maximum atomic E-state index is 12.2. The summed E-state index contributed by atoms with van der Waals surface area (Å²) in [5, 5.41) is 0. The molecule has 1 aromatic carbocycles. The predicted molar refractivity (Wildman–Crippen MR) is 61.8 cm³/mol. The minimum atomic E-state index is -0.953. The number of benzene rings is 1. The Morgan fingerprint density at radius 3 is 2.83 bits per heavy atom. The van der Waals surface area contributed by atoms with Crippen molar-refractivity contribution in [2.75, 3.05) is 6.86 Å². The van der Waals surface area contributed by atoms with Gasteiger partial charge in [-0.1, -0.05) is 30.3 Å². The number of hydrogen-bond acceptors (Lipinski definition) is 3. The summed E-state index contributed by atoms with van der Waals surface area (Å²) in [7, 11) is 0. The van der Waals surface area contributed by atoms with Gasteiger partial charge in [-0.15, -0.1) is 0 Å². The predicted octanol–water partition coefficient (Wildman–Crippen LogP) is 1.56. The average Bonchev–Trinajstić information content (AvgIpc) is 2.42. The first-order chi connectivity index (χ1) is 8.81. The first kappa shape index (κ1) is 12.2. The summed E-state index contributed by atoms with van der Waals surface area (Å²) in [5.41, 5.74) is 0.605. The van der Waals surface area contributed by atoms with E-state index in [0.717, 1.165) is 0 Å². The molecule has 2 rings (SSSR count). The Balaban J connectivity index is 2.17. The molecule has 18 heavy (non-hydrogen) atoms. The second kappa shape index (κ2) is 5.86. The van der Waals surface area contributed by atoms with Crippen molar-refractivity contribution in [1.82, 2.24) is 4.98 Å². The number of nitrogens with zero attached hydrogens (tertiary/aromatic N) is 2. The summed E-state index contributed by atoms with van der Waals surface area (Å²) < 4.78 is 18.4. The Labute approximate surface area is 104 Å². The summed E-state index contributed by atoms with van der Waals surface area (Å²) in [5.74, 6) is 0.153. The first-order valence-corrected chi connectivity index (χ1v) is 5.41. The number of carbonyl (C=O) groups excluding carboxylic acids is 1. The quantitative estimate of drug-likeness (QED) is 0.595. The molecule has 92 valence electrons. The molecule has 0 saturated carbocycles. The van der Waals surface area contributed by atoms with Crippen LogP contribution in [0.15, 0.2) is 48.9 Å². The summed E-state index contributed by atoms with van der Waals surface area (Å²) in [6, 6.07) is 8.90. The maximum Gasteiger partial charge on any atom is 0.389 e. The van der Waals surface area contributed by atoms with Crippen molar-refractivity contribution in [3.63, 3.8) is 0 Å². The van der Waals surface area contributed by atoms with Gasteiger partial charge in [0.15, 0.2) is 6.20 Å². The lowest BCUT2D eigenvalue weighted by atomic mass is 10.1. The third-order valence-electron chi connectivity index (χ3n) is 2.41.